The zero-order valence-corrected chi connectivity index (χ0v) is 13.8. The number of ether oxygens (including phenoxy) is 2. The molecule has 2 aromatic rings. The summed E-state index contributed by atoms with van der Waals surface area (Å²) in [6, 6.07) is 10.8. The molecule has 1 atom stereocenters. The Bertz CT molecular complexity index is 768. The van der Waals surface area contributed by atoms with Crippen molar-refractivity contribution in [3.8, 4) is 11.5 Å². The topological polar surface area (TPSA) is 54.9 Å². The lowest BCUT2D eigenvalue weighted by molar-refractivity contribution is 0.0936. The summed E-state index contributed by atoms with van der Waals surface area (Å²) >= 11 is 0. The van der Waals surface area contributed by atoms with Crippen molar-refractivity contribution < 1.29 is 18.3 Å². The van der Waals surface area contributed by atoms with E-state index in [2.05, 4.69) is 15.6 Å². The van der Waals surface area contributed by atoms with Crippen molar-refractivity contribution in [3.05, 3.63) is 59.7 Å². The molecule has 0 amide bonds. The van der Waals surface area contributed by atoms with Gasteiger partial charge in [0.05, 0.1) is 6.54 Å². The number of fused-ring (bicyclic) bond motifs is 1. The maximum absolute atomic E-state index is 13.6. The molecule has 0 radical (unpaired) electrons. The van der Waals surface area contributed by atoms with Gasteiger partial charge in [-0.2, -0.15) is 0 Å². The van der Waals surface area contributed by atoms with Gasteiger partial charge in [0, 0.05) is 19.2 Å². The van der Waals surface area contributed by atoms with Crippen molar-refractivity contribution in [1.29, 1.82) is 0 Å². The Morgan fingerprint density at radius 1 is 1.16 bits per heavy atom. The average molecular weight is 347 g/mol. The average Bonchev–Trinajstić information content (AvgIpc) is 2.64. The summed E-state index contributed by atoms with van der Waals surface area (Å²) in [4.78, 5) is 4.07. The van der Waals surface area contributed by atoms with Gasteiger partial charge in [-0.05, 0) is 30.3 Å². The van der Waals surface area contributed by atoms with Crippen molar-refractivity contribution in [2.24, 2.45) is 4.99 Å². The van der Waals surface area contributed by atoms with Crippen LogP contribution in [0.15, 0.2) is 47.5 Å². The summed E-state index contributed by atoms with van der Waals surface area (Å²) in [6.45, 7) is 0.993. The Hall–Kier alpha value is -2.83. The highest BCUT2D eigenvalue weighted by atomic mass is 19.1. The van der Waals surface area contributed by atoms with Gasteiger partial charge in [0.1, 0.15) is 24.3 Å². The molecule has 5 nitrogen and oxygen atoms in total. The van der Waals surface area contributed by atoms with Crippen LogP contribution >= 0.6 is 0 Å². The third-order valence-corrected chi connectivity index (χ3v) is 3.74. The standard InChI is InChI=1S/C18H19F2N3O2/c1-21-18(22-9-12-8-13(19)6-7-15(12)20)23-10-14-11-24-16-4-2-3-5-17(16)25-14/h2-8,14H,9-11H2,1H3,(H2,21,22,23). The van der Waals surface area contributed by atoms with Crippen LogP contribution in [0, 0.1) is 11.6 Å². The van der Waals surface area contributed by atoms with Gasteiger partial charge in [-0.25, -0.2) is 8.78 Å². The molecular weight excluding hydrogens is 328 g/mol. The molecule has 0 bridgehead atoms. The lowest BCUT2D eigenvalue weighted by atomic mass is 10.2. The second kappa shape index (κ2) is 7.83. The molecule has 3 rings (SSSR count). The van der Waals surface area contributed by atoms with Crippen LogP contribution in [-0.2, 0) is 6.54 Å². The van der Waals surface area contributed by atoms with Gasteiger partial charge in [0.2, 0.25) is 0 Å². The maximum atomic E-state index is 13.6. The van der Waals surface area contributed by atoms with Crippen LogP contribution in [-0.4, -0.2) is 32.3 Å². The van der Waals surface area contributed by atoms with Gasteiger partial charge in [0.25, 0.3) is 0 Å². The number of para-hydroxylation sites is 2. The molecule has 0 aromatic heterocycles. The Kier molecular flexibility index (Phi) is 5.33. The predicted octanol–water partition coefficient (Wildman–Crippen LogP) is 2.47. The summed E-state index contributed by atoms with van der Waals surface area (Å²) in [5.41, 5.74) is 0.231. The van der Waals surface area contributed by atoms with E-state index in [0.29, 0.717) is 24.9 Å². The molecule has 0 saturated heterocycles. The first-order valence-electron chi connectivity index (χ1n) is 7.92. The number of nitrogens with one attached hydrogen (secondary N) is 2. The Morgan fingerprint density at radius 2 is 1.96 bits per heavy atom. The van der Waals surface area contributed by atoms with Crippen molar-refractivity contribution in [3.63, 3.8) is 0 Å². The summed E-state index contributed by atoms with van der Waals surface area (Å²) in [5.74, 6) is 0.942. The molecule has 7 heteroatoms. The minimum absolute atomic E-state index is 0.119. The monoisotopic (exact) mass is 347 g/mol. The number of hydrogen-bond donors (Lipinski definition) is 2. The minimum atomic E-state index is -0.479. The minimum Gasteiger partial charge on any atom is -0.486 e. The molecule has 2 N–H and O–H groups in total. The van der Waals surface area contributed by atoms with Gasteiger partial charge >= 0.3 is 0 Å². The number of nitrogens with zero attached hydrogens (tertiary/aromatic N) is 1. The zero-order chi connectivity index (χ0) is 17.6. The number of halogens is 2. The van der Waals surface area contributed by atoms with E-state index in [1.165, 1.54) is 0 Å². The van der Waals surface area contributed by atoms with Crippen LogP contribution in [0.5, 0.6) is 11.5 Å². The zero-order valence-electron chi connectivity index (χ0n) is 13.8. The smallest absolute Gasteiger partial charge is 0.191 e. The lowest BCUT2D eigenvalue weighted by Crippen LogP contribution is -2.45. The van der Waals surface area contributed by atoms with E-state index < -0.39 is 11.6 Å². The van der Waals surface area contributed by atoms with Gasteiger partial charge in [0.15, 0.2) is 17.5 Å². The number of aliphatic imine (C=N–C) groups is 1. The highest BCUT2D eigenvalue weighted by molar-refractivity contribution is 5.79. The summed E-state index contributed by atoms with van der Waals surface area (Å²) in [7, 11) is 1.60. The Morgan fingerprint density at radius 3 is 2.76 bits per heavy atom. The largest absolute Gasteiger partial charge is 0.486 e. The van der Waals surface area contributed by atoms with Crippen LogP contribution in [0.2, 0.25) is 0 Å². The normalized spacial score (nSPS) is 16.4. The lowest BCUT2D eigenvalue weighted by Gasteiger charge is -2.27. The molecule has 0 saturated carbocycles. The number of guanidine groups is 1. The fraction of sp³-hybridized carbons (Fsp3) is 0.278. The second-order valence-corrected chi connectivity index (χ2v) is 5.54. The van der Waals surface area contributed by atoms with E-state index >= 15 is 0 Å². The maximum Gasteiger partial charge on any atom is 0.191 e. The molecule has 132 valence electrons. The van der Waals surface area contributed by atoms with E-state index in [4.69, 9.17) is 9.47 Å². The second-order valence-electron chi connectivity index (χ2n) is 5.54. The SMILES string of the molecule is CN=C(NCc1cc(F)ccc1F)NCC1COc2ccccc2O1. The van der Waals surface area contributed by atoms with Crippen LogP contribution in [0.3, 0.4) is 0 Å². The van der Waals surface area contributed by atoms with Crippen LogP contribution < -0.4 is 20.1 Å². The highest BCUT2D eigenvalue weighted by Crippen LogP contribution is 2.30. The molecule has 25 heavy (non-hydrogen) atoms. The van der Waals surface area contributed by atoms with E-state index in [9.17, 15) is 8.78 Å². The molecule has 1 aliphatic rings. The first-order chi connectivity index (χ1) is 12.2. The molecule has 2 aromatic carbocycles. The number of benzene rings is 2. The Labute approximate surface area is 144 Å². The van der Waals surface area contributed by atoms with Gasteiger partial charge < -0.3 is 20.1 Å². The van der Waals surface area contributed by atoms with Crippen molar-refractivity contribution in [1.82, 2.24) is 10.6 Å². The molecule has 0 fully saturated rings. The summed E-state index contributed by atoms with van der Waals surface area (Å²) in [5, 5.41) is 6.04. The fourth-order valence-electron chi connectivity index (χ4n) is 2.45. The van der Waals surface area contributed by atoms with E-state index in [1.54, 1.807) is 7.05 Å². The molecule has 1 unspecified atom stereocenters. The fourth-order valence-corrected chi connectivity index (χ4v) is 2.45. The van der Waals surface area contributed by atoms with Crippen LogP contribution in [0.1, 0.15) is 5.56 Å². The third-order valence-electron chi connectivity index (χ3n) is 3.74. The molecule has 0 aliphatic carbocycles. The highest BCUT2D eigenvalue weighted by Gasteiger charge is 2.20. The van der Waals surface area contributed by atoms with E-state index in [0.717, 1.165) is 23.9 Å². The van der Waals surface area contributed by atoms with E-state index in [1.807, 2.05) is 24.3 Å². The van der Waals surface area contributed by atoms with Crippen molar-refractivity contribution >= 4 is 5.96 Å². The van der Waals surface area contributed by atoms with Crippen molar-refractivity contribution in [2.75, 3.05) is 20.2 Å². The molecule has 1 heterocycles. The van der Waals surface area contributed by atoms with Crippen LogP contribution in [0.4, 0.5) is 8.78 Å². The van der Waals surface area contributed by atoms with Gasteiger partial charge in [-0.3, -0.25) is 4.99 Å². The molecular formula is C18H19F2N3O2. The number of hydrogen-bond acceptors (Lipinski definition) is 3. The summed E-state index contributed by atoms with van der Waals surface area (Å²) in [6.07, 6.45) is -0.181. The van der Waals surface area contributed by atoms with E-state index in [-0.39, 0.29) is 18.2 Å². The number of rotatable bonds is 4. The summed E-state index contributed by atoms with van der Waals surface area (Å²) < 4.78 is 38.3. The molecule has 1 aliphatic heterocycles. The van der Waals surface area contributed by atoms with Gasteiger partial charge in [-0.15, -0.1) is 0 Å². The third kappa shape index (κ3) is 4.37. The van der Waals surface area contributed by atoms with Gasteiger partial charge in [-0.1, -0.05) is 12.1 Å². The predicted molar refractivity (Wildman–Crippen MR) is 90.9 cm³/mol. The first-order valence-corrected chi connectivity index (χ1v) is 7.92. The Balaban J connectivity index is 1.51. The quantitative estimate of drug-likeness (QED) is 0.659. The first kappa shape index (κ1) is 17.0. The van der Waals surface area contributed by atoms with Crippen LogP contribution in [0.25, 0.3) is 0 Å². The molecule has 0 spiro atoms. The van der Waals surface area contributed by atoms with Crippen molar-refractivity contribution in [2.45, 2.75) is 12.6 Å².